The van der Waals surface area contributed by atoms with Gasteiger partial charge in [0.05, 0.1) is 10.4 Å². The molecule has 3 rings (SSSR count). The van der Waals surface area contributed by atoms with Gasteiger partial charge in [-0.25, -0.2) is 8.78 Å². The molecule has 0 bridgehead atoms. The van der Waals surface area contributed by atoms with Crippen molar-refractivity contribution in [1.29, 1.82) is 0 Å². The molecule has 1 aliphatic rings. The summed E-state index contributed by atoms with van der Waals surface area (Å²) in [4.78, 5) is 14.1. The number of benzene rings is 1. The van der Waals surface area contributed by atoms with Crippen LogP contribution in [0.1, 0.15) is 37.7 Å². The zero-order valence-corrected chi connectivity index (χ0v) is 11.2. The summed E-state index contributed by atoms with van der Waals surface area (Å²) in [7, 11) is 0. The van der Waals surface area contributed by atoms with E-state index in [0.29, 0.717) is 4.88 Å². The minimum absolute atomic E-state index is 0.0428. The van der Waals surface area contributed by atoms with E-state index >= 15 is 0 Å². The first-order valence-electron chi connectivity index (χ1n) is 6.18. The van der Waals surface area contributed by atoms with E-state index in [1.54, 1.807) is 0 Å². The van der Waals surface area contributed by atoms with Gasteiger partial charge in [-0.05, 0) is 49.4 Å². The Bertz CT molecular complexity index is 652. The van der Waals surface area contributed by atoms with Gasteiger partial charge in [-0.3, -0.25) is 4.79 Å². The molecular formula is C15H12F2OS. The van der Waals surface area contributed by atoms with Crippen molar-refractivity contribution in [2.24, 2.45) is 0 Å². The van der Waals surface area contributed by atoms with Crippen LogP contribution in [0.3, 0.4) is 0 Å². The monoisotopic (exact) mass is 278 g/mol. The van der Waals surface area contributed by atoms with Crippen molar-refractivity contribution in [3.63, 3.8) is 0 Å². The zero-order valence-electron chi connectivity index (χ0n) is 10.4. The van der Waals surface area contributed by atoms with Crippen LogP contribution in [0.2, 0.25) is 0 Å². The predicted octanol–water partition coefficient (Wildman–Crippen LogP) is 4.05. The number of halogens is 2. The van der Waals surface area contributed by atoms with Gasteiger partial charge in [0.2, 0.25) is 5.78 Å². The lowest BCUT2D eigenvalue weighted by molar-refractivity contribution is 0.103. The fraction of sp³-hybridized carbons (Fsp3) is 0.267. The lowest BCUT2D eigenvalue weighted by Gasteiger charge is -2.03. The van der Waals surface area contributed by atoms with E-state index < -0.39 is 11.6 Å². The van der Waals surface area contributed by atoms with Crippen LogP contribution in [-0.2, 0) is 12.8 Å². The van der Waals surface area contributed by atoms with Crippen molar-refractivity contribution in [2.75, 3.05) is 0 Å². The molecule has 19 heavy (non-hydrogen) atoms. The molecule has 0 aliphatic heterocycles. The number of hydrogen-bond acceptors (Lipinski definition) is 2. The molecule has 0 saturated heterocycles. The first-order chi connectivity index (χ1) is 9.06. The number of rotatable bonds is 2. The molecule has 1 nitrogen and oxygen atoms in total. The quantitative estimate of drug-likeness (QED) is 0.757. The number of thiophene rings is 1. The van der Waals surface area contributed by atoms with Crippen molar-refractivity contribution in [3.05, 3.63) is 56.3 Å². The Kier molecular flexibility index (Phi) is 2.97. The number of fused-ring (bicyclic) bond motifs is 1. The van der Waals surface area contributed by atoms with E-state index in [0.717, 1.165) is 25.3 Å². The Balaban J connectivity index is 2.01. The Morgan fingerprint density at radius 2 is 1.95 bits per heavy atom. The molecule has 0 N–H and O–H groups in total. The number of carbonyl (C=O) groups excluding carboxylic acids is 1. The first kappa shape index (κ1) is 12.5. The minimum atomic E-state index is -0.790. The van der Waals surface area contributed by atoms with Crippen LogP contribution < -0.4 is 0 Å². The number of ketones is 1. The average Bonchev–Trinajstić information content (AvgIpc) is 2.93. The maximum Gasteiger partial charge on any atom is 0.205 e. The maximum atomic E-state index is 13.7. The maximum absolute atomic E-state index is 13.7. The van der Waals surface area contributed by atoms with E-state index in [4.69, 9.17) is 0 Å². The van der Waals surface area contributed by atoms with Gasteiger partial charge in [-0.2, -0.15) is 0 Å². The summed E-state index contributed by atoms with van der Waals surface area (Å²) >= 11 is 1.43. The molecule has 0 saturated carbocycles. The Hall–Kier alpha value is -1.55. The van der Waals surface area contributed by atoms with Gasteiger partial charge < -0.3 is 0 Å². The molecule has 0 fully saturated rings. The summed E-state index contributed by atoms with van der Waals surface area (Å²) in [6, 6.07) is 3.93. The Morgan fingerprint density at radius 3 is 2.68 bits per heavy atom. The van der Waals surface area contributed by atoms with E-state index in [9.17, 15) is 13.6 Å². The summed E-state index contributed by atoms with van der Waals surface area (Å²) in [5, 5.41) is 0. The van der Waals surface area contributed by atoms with E-state index in [1.807, 2.05) is 6.07 Å². The second-order valence-corrected chi connectivity index (χ2v) is 5.96. The third kappa shape index (κ3) is 2.10. The van der Waals surface area contributed by atoms with Gasteiger partial charge in [0.25, 0.3) is 0 Å². The van der Waals surface area contributed by atoms with Crippen LogP contribution in [0.4, 0.5) is 8.78 Å². The van der Waals surface area contributed by atoms with Crippen molar-refractivity contribution in [2.45, 2.75) is 26.2 Å². The van der Waals surface area contributed by atoms with Gasteiger partial charge in [0.1, 0.15) is 11.6 Å². The number of hydrogen-bond donors (Lipinski definition) is 0. The second-order valence-electron chi connectivity index (χ2n) is 4.82. The lowest BCUT2D eigenvalue weighted by atomic mass is 10.0. The normalized spacial score (nSPS) is 13.6. The van der Waals surface area contributed by atoms with Crippen LogP contribution in [0.25, 0.3) is 0 Å². The summed E-state index contributed by atoms with van der Waals surface area (Å²) in [6.45, 7) is 1.53. The van der Waals surface area contributed by atoms with Crippen molar-refractivity contribution >= 4 is 17.1 Å². The number of carbonyl (C=O) groups is 1. The fourth-order valence-electron chi connectivity index (χ4n) is 2.40. The largest absolute Gasteiger partial charge is 0.288 e. The standard InChI is InChI=1S/C15H12F2OS/c1-8-5-10(12(17)7-11(8)16)15(18)14-6-9-3-2-4-13(9)19-14/h5-7H,2-4H2,1H3. The molecule has 0 amide bonds. The van der Waals surface area contributed by atoms with E-state index in [2.05, 4.69) is 0 Å². The summed E-state index contributed by atoms with van der Waals surface area (Å²) in [5.41, 5.74) is 1.44. The zero-order chi connectivity index (χ0) is 13.6. The molecule has 0 radical (unpaired) electrons. The van der Waals surface area contributed by atoms with Gasteiger partial charge >= 0.3 is 0 Å². The van der Waals surface area contributed by atoms with Crippen molar-refractivity contribution < 1.29 is 13.6 Å². The highest BCUT2D eigenvalue weighted by molar-refractivity contribution is 7.14. The van der Waals surface area contributed by atoms with Crippen LogP contribution in [0.5, 0.6) is 0 Å². The molecule has 0 atom stereocenters. The highest BCUT2D eigenvalue weighted by Crippen LogP contribution is 2.32. The van der Waals surface area contributed by atoms with E-state index in [1.165, 1.54) is 34.8 Å². The van der Waals surface area contributed by atoms with Crippen LogP contribution in [-0.4, -0.2) is 5.78 Å². The number of aryl methyl sites for hydroxylation is 3. The SMILES string of the molecule is Cc1cc(C(=O)c2cc3c(s2)CCC3)c(F)cc1F. The van der Waals surface area contributed by atoms with Gasteiger partial charge in [-0.15, -0.1) is 11.3 Å². The smallest absolute Gasteiger partial charge is 0.205 e. The average molecular weight is 278 g/mol. The van der Waals surface area contributed by atoms with Crippen molar-refractivity contribution in [1.82, 2.24) is 0 Å². The molecule has 98 valence electrons. The lowest BCUT2D eigenvalue weighted by Crippen LogP contribution is -2.04. The molecular weight excluding hydrogens is 266 g/mol. The van der Waals surface area contributed by atoms with Crippen molar-refractivity contribution in [3.8, 4) is 0 Å². The summed E-state index contributed by atoms with van der Waals surface area (Å²) in [5.74, 6) is -1.76. The fourth-order valence-corrected chi connectivity index (χ4v) is 3.61. The van der Waals surface area contributed by atoms with Gasteiger partial charge in [0.15, 0.2) is 0 Å². The minimum Gasteiger partial charge on any atom is -0.288 e. The molecule has 2 aromatic rings. The molecule has 0 unspecified atom stereocenters. The highest BCUT2D eigenvalue weighted by atomic mass is 32.1. The molecule has 1 aromatic carbocycles. The second kappa shape index (κ2) is 4.53. The van der Waals surface area contributed by atoms with E-state index in [-0.39, 0.29) is 16.9 Å². The molecule has 1 aromatic heterocycles. The van der Waals surface area contributed by atoms with Crippen LogP contribution in [0.15, 0.2) is 18.2 Å². The molecule has 1 heterocycles. The predicted molar refractivity (Wildman–Crippen MR) is 70.9 cm³/mol. The Morgan fingerprint density at radius 1 is 1.16 bits per heavy atom. The van der Waals surface area contributed by atoms with Gasteiger partial charge in [-0.1, -0.05) is 0 Å². The third-order valence-electron chi connectivity index (χ3n) is 3.46. The van der Waals surface area contributed by atoms with Crippen LogP contribution >= 0.6 is 11.3 Å². The van der Waals surface area contributed by atoms with Gasteiger partial charge in [0, 0.05) is 10.9 Å². The van der Waals surface area contributed by atoms with Crippen LogP contribution in [0, 0.1) is 18.6 Å². The third-order valence-corrected chi connectivity index (χ3v) is 4.70. The molecule has 1 aliphatic carbocycles. The topological polar surface area (TPSA) is 17.1 Å². The molecule has 0 spiro atoms. The molecule has 4 heteroatoms. The summed E-state index contributed by atoms with van der Waals surface area (Å²) < 4.78 is 26.9. The summed E-state index contributed by atoms with van der Waals surface area (Å²) in [6.07, 6.45) is 3.11. The first-order valence-corrected chi connectivity index (χ1v) is 7.00. The highest BCUT2D eigenvalue weighted by Gasteiger charge is 2.22. The Labute approximate surface area is 113 Å².